The van der Waals surface area contributed by atoms with Gasteiger partial charge in [-0.3, -0.25) is 19.2 Å². The monoisotopic (exact) mass is 934 g/mol. The molecule has 2 aliphatic heterocycles. The van der Waals surface area contributed by atoms with E-state index in [1.807, 2.05) is 32.1 Å². The highest BCUT2D eigenvalue weighted by atomic mass is 19.1. The van der Waals surface area contributed by atoms with Crippen molar-refractivity contribution in [1.29, 1.82) is 0 Å². The fraction of sp³-hybridized carbons (Fsp3) is 0.745. The molecule has 1 aliphatic carbocycles. The molecule has 15 heteroatoms. The summed E-state index contributed by atoms with van der Waals surface area (Å²) in [7, 11) is 4.37. The molecule has 3 rings (SSSR count). The van der Waals surface area contributed by atoms with Crippen LogP contribution in [0, 0.1) is 35.5 Å². The summed E-state index contributed by atoms with van der Waals surface area (Å²) in [6, 6.07) is -1.11. The lowest BCUT2D eigenvalue weighted by Crippen LogP contribution is -2.59. The Balaban J connectivity index is 1.75. The maximum Gasteiger partial charge on any atom is 0.329 e. The van der Waals surface area contributed by atoms with Crippen molar-refractivity contribution in [2.45, 2.75) is 168 Å². The SMILES string of the molecule is CO[C@@H](CF)/C(C)=C/C=C/C=C/[C@@H](C)C[C@@H](C)C(=O)[C@H](OC)[C@H](O)/C(C)=C/[C@@H](C)C(=O)C[C@H](OC(=O)[C@@H]1CCCCN1C(=O)C(=O)[C@]1(O)OCCC[C@H]1C)[C@H](C)C[C@@H]1CC[C@@H](O)[C@H](OC)C1. The van der Waals surface area contributed by atoms with Crippen LogP contribution in [0.15, 0.2) is 47.6 Å². The number of hydrogen-bond acceptors (Lipinski definition) is 13. The number of likely N-dealkylation sites (tertiary alicyclic amines) is 1. The second kappa shape index (κ2) is 27.5. The van der Waals surface area contributed by atoms with Gasteiger partial charge in [0.05, 0.1) is 18.8 Å². The first kappa shape index (κ1) is 56.9. The van der Waals surface area contributed by atoms with Crippen LogP contribution in [0.4, 0.5) is 4.39 Å². The fourth-order valence-electron chi connectivity index (χ4n) is 9.52. The predicted molar refractivity (Wildman–Crippen MR) is 248 cm³/mol. The number of piperidine rings is 1. The zero-order valence-corrected chi connectivity index (χ0v) is 41.1. The molecule has 14 atom stereocenters. The van der Waals surface area contributed by atoms with Gasteiger partial charge >= 0.3 is 5.97 Å². The quantitative estimate of drug-likeness (QED) is 0.0396. The van der Waals surface area contributed by atoms with Gasteiger partial charge in [0, 0.05) is 52.0 Å². The molecule has 0 radical (unpaired) electrons. The number of carbonyl (C=O) groups excluding carboxylic acids is 5. The van der Waals surface area contributed by atoms with E-state index in [1.54, 1.807) is 60.0 Å². The van der Waals surface area contributed by atoms with Crippen molar-refractivity contribution in [3.8, 4) is 0 Å². The Morgan fingerprint density at radius 1 is 0.924 bits per heavy atom. The van der Waals surface area contributed by atoms with Gasteiger partial charge in [-0.25, -0.2) is 9.18 Å². The van der Waals surface area contributed by atoms with Gasteiger partial charge in [0.25, 0.3) is 11.7 Å². The number of rotatable bonds is 25. The third-order valence-corrected chi connectivity index (χ3v) is 14.0. The number of halogens is 1. The van der Waals surface area contributed by atoms with E-state index in [1.165, 1.54) is 19.1 Å². The van der Waals surface area contributed by atoms with Crippen molar-refractivity contribution < 1.29 is 67.4 Å². The molecule has 1 amide bonds. The average molecular weight is 934 g/mol. The highest BCUT2D eigenvalue weighted by molar-refractivity contribution is 6.39. The van der Waals surface area contributed by atoms with E-state index in [0.29, 0.717) is 63.4 Å². The molecule has 66 heavy (non-hydrogen) atoms. The van der Waals surface area contributed by atoms with Crippen LogP contribution in [-0.2, 0) is 47.7 Å². The van der Waals surface area contributed by atoms with E-state index < -0.39 is 84.4 Å². The van der Waals surface area contributed by atoms with E-state index in [0.717, 1.165) is 5.57 Å². The van der Waals surface area contributed by atoms with Gasteiger partial charge < -0.3 is 43.9 Å². The van der Waals surface area contributed by atoms with Gasteiger partial charge in [-0.1, -0.05) is 71.1 Å². The minimum absolute atomic E-state index is 0.00695. The summed E-state index contributed by atoms with van der Waals surface area (Å²) in [6.07, 6.45) is 11.0. The van der Waals surface area contributed by atoms with Crippen molar-refractivity contribution in [2.24, 2.45) is 35.5 Å². The molecule has 0 unspecified atom stereocenters. The minimum Gasteiger partial charge on any atom is -0.460 e. The highest BCUT2D eigenvalue weighted by Crippen LogP contribution is 2.35. The number of nitrogens with zero attached hydrogens (tertiary/aromatic N) is 1. The number of alkyl halides is 1. The maximum absolute atomic E-state index is 14.2. The number of carbonyl (C=O) groups is 5. The number of hydrogen-bond donors (Lipinski definition) is 3. The third-order valence-electron chi connectivity index (χ3n) is 14.0. The number of methoxy groups -OCH3 is 3. The van der Waals surface area contributed by atoms with E-state index in [4.69, 9.17) is 23.7 Å². The molecule has 2 saturated heterocycles. The minimum atomic E-state index is -2.29. The molecule has 14 nitrogen and oxygen atoms in total. The average Bonchev–Trinajstić information content (AvgIpc) is 3.29. The number of aliphatic hydroxyl groups is 3. The lowest BCUT2D eigenvalue weighted by molar-refractivity contribution is -0.241. The summed E-state index contributed by atoms with van der Waals surface area (Å²) >= 11 is 0. The lowest BCUT2D eigenvalue weighted by atomic mass is 9.78. The number of Topliss-reactive ketones (excluding diaryl/α,β-unsaturated/α-hetero) is 3. The van der Waals surface area contributed by atoms with Crippen LogP contribution in [0.3, 0.4) is 0 Å². The smallest absolute Gasteiger partial charge is 0.329 e. The van der Waals surface area contributed by atoms with Gasteiger partial charge in [0.2, 0.25) is 5.79 Å². The van der Waals surface area contributed by atoms with Crippen molar-refractivity contribution in [1.82, 2.24) is 4.90 Å². The molecule has 1 saturated carbocycles. The highest BCUT2D eigenvalue weighted by Gasteiger charge is 2.51. The first-order chi connectivity index (χ1) is 31.2. The Bertz CT molecular complexity index is 1730. The van der Waals surface area contributed by atoms with Crippen molar-refractivity contribution in [3.63, 3.8) is 0 Å². The molecular weight excluding hydrogens is 854 g/mol. The molecule has 0 aromatic carbocycles. The van der Waals surface area contributed by atoms with Gasteiger partial charge in [-0.05, 0) is 107 Å². The van der Waals surface area contributed by atoms with E-state index in [9.17, 15) is 43.7 Å². The van der Waals surface area contributed by atoms with Crippen molar-refractivity contribution in [3.05, 3.63) is 47.6 Å². The molecule has 3 N–H and O–H groups in total. The molecule has 0 spiro atoms. The van der Waals surface area contributed by atoms with Gasteiger partial charge in [-0.15, -0.1) is 0 Å². The number of esters is 1. The summed E-state index contributed by atoms with van der Waals surface area (Å²) in [5.41, 5.74) is 1.12. The number of ketones is 3. The normalized spacial score (nSPS) is 28.3. The van der Waals surface area contributed by atoms with Crippen molar-refractivity contribution >= 4 is 29.2 Å². The van der Waals surface area contributed by atoms with Crippen LogP contribution in [0.1, 0.15) is 119 Å². The summed E-state index contributed by atoms with van der Waals surface area (Å²) in [6.45, 7) is 12.0. The van der Waals surface area contributed by atoms with Crippen LogP contribution in [0.5, 0.6) is 0 Å². The van der Waals surface area contributed by atoms with Crippen LogP contribution in [0.25, 0.3) is 0 Å². The molecule has 374 valence electrons. The lowest BCUT2D eigenvalue weighted by Gasteiger charge is -2.40. The zero-order chi connectivity index (χ0) is 49.3. The number of ether oxygens (including phenoxy) is 5. The molecule has 3 fully saturated rings. The number of allylic oxidation sites excluding steroid dienone is 6. The fourth-order valence-corrected chi connectivity index (χ4v) is 9.52. The largest absolute Gasteiger partial charge is 0.460 e. The van der Waals surface area contributed by atoms with Crippen LogP contribution < -0.4 is 0 Å². The Labute approximate surface area is 392 Å². The summed E-state index contributed by atoms with van der Waals surface area (Å²) in [5, 5.41) is 33.0. The second-order valence-corrected chi connectivity index (χ2v) is 19.2. The van der Waals surface area contributed by atoms with Crippen LogP contribution in [0.2, 0.25) is 0 Å². The summed E-state index contributed by atoms with van der Waals surface area (Å²) < 4.78 is 40.9. The Morgan fingerprint density at radius 2 is 1.64 bits per heavy atom. The van der Waals surface area contributed by atoms with E-state index >= 15 is 0 Å². The Morgan fingerprint density at radius 3 is 2.27 bits per heavy atom. The first-order valence-corrected chi connectivity index (χ1v) is 23.9. The first-order valence-electron chi connectivity index (χ1n) is 23.9. The number of amides is 1. The second-order valence-electron chi connectivity index (χ2n) is 19.2. The van der Waals surface area contributed by atoms with Crippen LogP contribution >= 0.6 is 0 Å². The predicted octanol–water partition coefficient (Wildman–Crippen LogP) is 6.38. The molecule has 0 aromatic rings. The summed E-state index contributed by atoms with van der Waals surface area (Å²) in [4.78, 5) is 70.3. The number of aliphatic hydroxyl groups excluding tert-OH is 2. The molecule has 0 aromatic heterocycles. The van der Waals surface area contributed by atoms with E-state index in [-0.39, 0.29) is 61.4 Å². The summed E-state index contributed by atoms with van der Waals surface area (Å²) in [5.74, 6) is -7.81. The zero-order valence-electron chi connectivity index (χ0n) is 41.1. The van der Waals surface area contributed by atoms with Crippen molar-refractivity contribution in [2.75, 3.05) is 41.2 Å². The Kier molecular flexibility index (Phi) is 23.7. The topological polar surface area (TPSA) is 195 Å². The molecule has 0 bridgehead atoms. The maximum atomic E-state index is 14.2. The standard InChI is InChI=1S/C51H80FNO13/c1-31(17-12-11-13-18-32(2)44(30-52)63-9)25-35(5)45(56)47(64-10)46(57)36(6)26-33(3)41(55)29-42(34(4)27-38-21-22-40(54)43(28-38)62-8)66-50(60)39-20-14-15-23-53(39)49(59)48(58)51(61)37(7)19-16-24-65-51/h11-13,17-18,26,31,33-35,37-40,42-44,46-47,54,57,61H,14-16,19-25,27-30H2,1-10H3/b13-11+,17-12+,32-18+,36-26+/t31-,33-,34-,35-,37-,38+,39+,40-,42+,43-,44+,46-,47+,51-/m1/s1. The van der Waals surface area contributed by atoms with Crippen LogP contribution in [-0.4, -0.2) is 139 Å². The van der Waals surface area contributed by atoms with E-state index in [2.05, 4.69) is 0 Å². The molecule has 2 heterocycles. The third kappa shape index (κ3) is 15.8. The Hall–Kier alpha value is -3.44. The van der Waals surface area contributed by atoms with Gasteiger partial charge in [0.1, 0.15) is 42.9 Å². The molecular formula is C51H80FNO13. The van der Waals surface area contributed by atoms with Gasteiger partial charge in [0.15, 0.2) is 5.78 Å². The van der Waals surface area contributed by atoms with Gasteiger partial charge in [-0.2, -0.15) is 0 Å². The molecule has 3 aliphatic rings.